The molecule has 0 radical (unpaired) electrons. The van der Waals surface area contributed by atoms with Gasteiger partial charge in [-0.3, -0.25) is 4.79 Å². The first kappa shape index (κ1) is 13.1. The molecule has 1 amide bonds. The van der Waals surface area contributed by atoms with Crippen molar-refractivity contribution in [2.24, 2.45) is 0 Å². The summed E-state index contributed by atoms with van der Waals surface area (Å²) in [6, 6.07) is 7.49. The van der Waals surface area contributed by atoms with Gasteiger partial charge in [0.25, 0.3) is 0 Å². The lowest BCUT2D eigenvalue weighted by molar-refractivity contribution is -0.120. The Labute approximate surface area is 115 Å². The van der Waals surface area contributed by atoms with Crippen LogP contribution < -0.4 is 5.32 Å². The molecule has 1 aromatic carbocycles. The van der Waals surface area contributed by atoms with Crippen molar-refractivity contribution in [3.8, 4) is 0 Å². The van der Waals surface area contributed by atoms with Crippen molar-refractivity contribution in [2.45, 2.75) is 19.9 Å². The SMILES string of the molecule is Cc1ncsc1CC(=O)NCc1ccccc1Cl. The predicted molar refractivity (Wildman–Crippen MR) is 73.9 cm³/mol. The largest absolute Gasteiger partial charge is 0.352 e. The fraction of sp³-hybridized carbons (Fsp3) is 0.231. The zero-order valence-corrected chi connectivity index (χ0v) is 11.5. The van der Waals surface area contributed by atoms with Gasteiger partial charge in [-0.05, 0) is 18.6 Å². The summed E-state index contributed by atoms with van der Waals surface area (Å²) < 4.78 is 0. The Bertz CT molecular complexity index is 553. The molecular formula is C13H13ClN2OS. The molecular weight excluding hydrogens is 268 g/mol. The van der Waals surface area contributed by atoms with Crippen molar-refractivity contribution in [3.05, 3.63) is 50.9 Å². The molecule has 1 N–H and O–H groups in total. The molecule has 5 heteroatoms. The second kappa shape index (κ2) is 5.98. The second-order valence-corrected chi connectivity index (χ2v) is 5.25. The van der Waals surface area contributed by atoms with E-state index >= 15 is 0 Å². The fourth-order valence-electron chi connectivity index (χ4n) is 1.54. The quantitative estimate of drug-likeness (QED) is 0.935. The Morgan fingerprint density at radius 2 is 2.22 bits per heavy atom. The molecule has 0 unspecified atom stereocenters. The molecule has 0 spiro atoms. The van der Waals surface area contributed by atoms with Gasteiger partial charge in [0.1, 0.15) is 0 Å². The number of carbonyl (C=O) groups is 1. The number of aromatic nitrogens is 1. The number of hydrogen-bond donors (Lipinski definition) is 1. The Hall–Kier alpha value is -1.39. The van der Waals surface area contributed by atoms with E-state index in [4.69, 9.17) is 11.6 Å². The van der Waals surface area contributed by atoms with Crippen LogP contribution in [0.4, 0.5) is 0 Å². The van der Waals surface area contributed by atoms with Crippen LogP contribution in [0, 0.1) is 6.92 Å². The number of thiazole rings is 1. The molecule has 0 bridgehead atoms. The van der Waals surface area contributed by atoms with Crippen LogP contribution in [0.15, 0.2) is 29.8 Å². The van der Waals surface area contributed by atoms with E-state index in [1.165, 1.54) is 11.3 Å². The highest BCUT2D eigenvalue weighted by Gasteiger charge is 2.08. The summed E-state index contributed by atoms with van der Waals surface area (Å²) in [4.78, 5) is 16.9. The molecule has 1 aromatic heterocycles. The maximum absolute atomic E-state index is 11.8. The molecule has 0 aliphatic carbocycles. The van der Waals surface area contributed by atoms with Gasteiger partial charge < -0.3 is 5.32 Å². The van der Waals surface area contributed by atoms with Crippen LogP contribution in [0.5, 0.6) is 0 Å². The van der Waals surface area contributed by atoms with E-state index in [-0.39, 0.29) is 5.91 Å². The average Bonchev–Trinajstić information content (AvgIpc) is 2.74. The lowest BCUT2D eigenvalue weighted by Crippen LogP contribution is -2.24. The monoisotopic (exact) mass is 280 g/mol. The highest BCUT2D eigenvalue weighted by atomic mass is 35.5. The Morgan fingerprint density at radius 3 is 2.89 bits per heavy atom. The van der Waals surface area contributed by atoms with E-state index in [0.717, 1.165) is 16.1 Å². The fourth-order valence-corrected chi connectivity index (χ4v) is 2.52. The smallest absolute Gasteiger partial charge is 0.225 e. The molecule has 0 saturated carbocycles. The van der Waals surface area contributed by atoms with E-state index in [1.54, 1.807) is 5.51 Å². The molecule has 2 rings (SSSR count). The molecule has 0 saturated heterocycles. The maximum atomic E-state index is 11.8. The normalized spacial score (nSPS) is 10.3. The van der Waals surface area contributed by atoms with E-state index < -0.39 is 0 Å². The first-order valence-electron chi connectivity index (χ1n) is 5.56. The van der Waals surface area contributed by atoms with Crippen LogP contribution in [0.3, 0.4) is 0 Å². The van der Waals surface area contributed by atoms with Gasteiger partial charge in [0.2, 0.25) is 5.91 Å². The topological polar surface area (TPSA) is 42.0 Å². The van der Waals surface area contributed by atoms with Gasteiger partial charge in [0.15, 0.2) is 0 Å². The minimum atomic E-state index is -0.0118. The van der Waals surface area contributed by atoms with E-state index in [1.807, 2.05) is 31.2 Å². The van der Waals surface area contributed by atoms with Crippen molar-refractivity contribution in [1.29, 1.82) is 0 Å². The van der Waals surface area contributed by atoms with Gasteiger partial charge in [-0.1, -0.05) is 29.8 Å². The lowest BCUT2D eigenvalue weighted by atomic mass is 10.2. The van der Waals surface area contributed by atoms with E-state index in [9.17, 15) is 4.79 Å². The third-order valence-corrected chi connectivity index (χ3v) is 3.90. The zero-order chi connectivity index (χ0) is 13.0. The minimum Gasteiger partial charge on any atom is -0.352 e. The van der Waals surface area contributed by atoms with E-state index in [0.29, 0.717) is 18.0 Å². The number of rotatable bonds is 4. The zero-order valence-electron chi connectivity index (χ0n) is 9.94. The number of carbonyl (C=O) groups excluding carboxylic acids is 1. The summed E-state index contributed by atoms with van der Waals surface area (Å²) in [6.07, 6.45) is 0.376. The molecule has 3 nitrogen and oxygen atoms in total. The first-order valence-corrected chi connectivity index (χ1v) is 6.81. The number of halogens is 1. The number of aryl methyl sites for hydroxylation is 1. The number of benzene rings is 1. The Morgan fingerprint density at radius 1 is 1.44 bits per heavy atom. The summed E-state index contributed by atoms with van der Waals surface area (Å²) in [6.45, 7) is 2.36. The maximum Gasteiger partial charge on any atom is 0.225 e. The summed E-state index contributed by atoms with van der Waals surface area (Å²) in [5.41, 5.74) is 3.60. The Kier molecular flexibility index (Phi) is 4.33. The highest BCUT2D eigenvalue weighted by Crippen LogP contribution is 2.15. The third kappa shape index (κ3) is 3.31. The number of nitrogens with one attached hydrogen (secondary N) is 1. The summed E-state index contributed by atoms with van der Waals surface area (Å²) in [7, 11) is 0. The van der Waals surface area contributed by atoms with Crippen LogP contribution in [-0.4, -0.2) is 10.9 Å². The first-order chi connectivity index (χ1) is 8.66. The van der Waals surface area contributed by atoms with Gasteiger partial charge in [0.05, 0.1) is 17.6 Å². The second-order valence-electron chi connectivity index (χ2n) is 3.91. The van der Waals surface area contributed by atoms with Crippen LogP contribution >= 0.6 is 22.9 Å². The highest BCUT2D eigenvalue weighted by molar-refractivity contribution is 7.09. The summed E-state index contributed by atoms with van der Waals surface area (Å²) in [5.74, 6) is -0.0118. The minimum absolute atomic E-state index is 0.0118. The van der Waals surface area contributed by atoms with Gasteiger partial charge in [-0.15, -0.1) is 11.3 Å². The summed E-state index contributed by atoms with van der Waals surface area (Å²) in [5, 5.41) is 3.53. The molecule has 0 fully saturated rings. The van der Waals surface area contributed by atoms with Gasteiger partial charge in [-0.2, -0.15) is 0 Å². The third-order valence-electron chi connectivity index (χ3n) is 2.60. The molecule has 0 atom stereocenters. The molecule has 0 aliphatic rings. The van der Waals surface area contributed by atoms with Crippen molar-refractivity contribution >= 4 is 28.8 Å². The predicted octanol–water partition coefficient (Wildman–Crippen LogP) is 2.96. The number of hydrogen-bond acceptors (Lipinski definition) is 3. The van der Waals surface area contributed by atoms with Crippen molar-refractivity contribution in [1.82, 2.24) is 10.3 Å². The standard InChI is InChI=1S/C13H13ClN2OS/c1-9-12(18-8-16-9)6-13(17)15-7-10-4-2-3-5-11(10)14/h2-5,8H,6-7H2,1H3,(H,15,17). The van der Waals surface area contributed by atoms with Crippen molar-refractivity contribution in [2.75, 3.05) is 0 Å². The number of nitrogens with zero attached hydrogens (tertiary/aromatic N) is 1. The van der Waals surface area contributed by atoms with Crippen molar-refractivity contribution < 1.29 is 4.79 Å². The Balaban J connectivity index is 1.90. The molecule has 2 aromatic rings. The van der Waals surface area contributed by atoms with Gasteiger partial charge in [-0.25, -0.2) is 4.98 Å². The molecule has 18 heavy (non-hydrogen) atoms. The molecule has 1 heterocycles. The van der Waals surface area contributed by atoms with Crippen LogP contribution in [0.25, 0.3) is 0 Å². The average molecular weight is 281 g/mol. The van der Waals surface area contributed by atoms with Gasteiger partial charge >= 0.3 is 0 Å². The lowest BCUT2D eigenvalue weighted by Gasteiger charge is -2.06. The number of amides is 1. The summed E-state index contributed by atoms with van der Waals surface area (Å²) >= 11 is 7.52. The van der Waals surface area contributed by atoms with E-state index in [2.05, 4.69) is 10.3 Å². The van der Waals surface area contributed by atoms with Crippen molar-refractivity contribution in [3.63, 3.8) is 0 Å². The molecule has 94 valence electrons. The molecule has 0 aliphatic heterocycles. The van der Waals surface area contributed by atoms with Gasteiger partial charge in [0, 0.05) is 16.4 Å². The van der Waals surface area contributed by atoms with Crippen LogP contribution in [0.2, 0.25) is 5.02 Å². The van der Waals surface area contributed by atoms with Crippen LogP contribution in [-0.2, 0) is 17.8 Å². The van der Waals surface area contributed by atoms with Crippen LogP contribution in [0.1, 0.15) is 16.1 Å².